The molecule has 1 heterocycles. The van der Waals surface area contributed by atoms with Crippen LogP contribution in [0.4, 0.5) is 0 Å². The van der Waals surface area contributed by atoms with E-state index in [-0.39, 0.29) is 17.3 Å². The first kappa shape index (κ1) is 19.6. The van der Waals surface area contributed by atoms with Gasteiger partial charge < -0.3 is 5.11 Å². The van der Waals surface area contributed by atoms with Crippen molar-refractivity contribution in [2.24, 2.45) is 0 Å². The van der Waals surface area contributed by atoms with Crippen LogP contribution in [0.25, 0.3) is 11.1 Å². The van der Waals surface area contributed by atoms with E-state index in [1.54, 1.807) is 22.8 Å². The monoisotopic (exact) mass is 379 g/mol. The van der Waals surface area contributed by atoms with Crippen LogP contribution in [-0.2, 0) is 13.0 Å². The molecule has 6 heteroatoms. The van der Waals surface area contributed by atoms with E-state index >= 15 is 0 Å². The lowest BCUT2D eigenvalue weighted by atomic mass is 9.99. The number of aromatic nitrogens is 3. The zero-order valence-electron chi connectivity index (χ0n) is 16.4. The first-order valence-electron chi connectivity index (χ1n) is 9.52. The highest BCUT2D eigenvalue weighted by Gasteiger charge is 2.15. The highest BCUT2D eigenvalue weighted by molar-refractivity contribution is 5.95. The number of nitrogens with zero attached hydrogens (tertiary/aromatic N) is 3. The van der Waals surface area contributed by atoms with Crippen molar-refractivity contribution in [3.05, 3.63) is 76.0 Å². The summed E-state index contributed by atoms with van der Waals surface area (Å²) in [5, 5.41) is 13.9. The van der Waals surface area contributed by atoms with Crippen molar-refractivity contribution in [2.45, 2.75) is 46.2 Å². The maximum atomic E-state index is 12.7. The number of benzene rings is 2. The van der Waals surface area contributed by atoms with Crippen molar-refractivity contribution in [3.63, 3.8) is 0 Å². The highest BCUT2D eigenvalue weighted by Crippen LogP contribution is 2.24. The summed E-state index contributed by atoms with van der Waals surface area (Å²) < 4.78 is 3.26. The maximum absolute atomic E-state index is 12.7. The molecule has 28 heavy (non-hydrogen) atoms. The zero-order chi connectivity index (χ0) is 20.3. The molecule has 0 bridgehead atoms. The van der Waals surface area contributed by atoms with Gasteiger partial charge in [0.2, 0.25) is 0 Å². The van der Waals surface area contributed by atoms with Crippen LogP contribution in [0.1, 0.15) is 55.0 Å². The second kappa shape index (κ2) is 8.25. The molecule has 2 aromatic carbocycles. The Morgan fingerprint density at radius 1 is 1.11 bits per heavy atom. The van der Waals surface area contributed by atoms with E-state index in [4.69, 9.17) is 0 Å². The van der Waals surface area contributed by atoms with E-state index in [0.29, 0.717) is 12.1 Å². The van der Waals surface area contributed by atoms with Crippen molar-refractivity contribution < 1.29 is 9.90 Å². The Kier molecular flexibility index (Phi) is 5.78. The molecular weight excluding hydrogens is 354 g/mol. The molecule has 0 saturated carbocycles. The number of hydrogen-bond acceptors (Lipinski definition) is 3. The van der Waals surface area contributed by atoms with Gasteiger partial charge in [0.1, 0.15) is 5.82 Å². The van der Waals surface area contributed by atoms with Gasteiger partial charge in [0, 0.05) is 6.42 Å². The van der Waals surface area contributed by atoms with Crippen molar-refractivity contribution >= 4 is 5.97 Å². The minimum Gasteiger partial charge on any atom is -0.478 e. The van der Waals surface area contributed by atoms with Crippen molar-refractivity contribution in [1.82, 2.24) is 14.3 Å². The first-order valence-corrected chi connectivity index (χ1v) is 9.52. The quantitative estimate of drug-likeness (QED) is 0.673. The predicted molar refractivity (Wildman–Crippen MR) is 109 cm³/mol. The van der Waals surface area contributed by atoms with Crippen LogP contribution in [0, 0.1) is 0 Å². The standard InChI is InChI=1S/C22H25N3O3/c1-4-7-20-23-25(15(2)3)22(28)24(20)14-16-10-12-17(13-11-16)18-8-5-6-9-19(18)21(26)27/h5-6,8-13,15H,4,7,14H2,1-3H3,(H,26,27). The molecule has 0 radical (unpaired) electrons. The van der Waals surface area contributed by atoms with Crippen LogP contribution < -0.4 is 5.69 Å². The number of hydrogen-bond donors (Lipinski definition) is 1. The first-order chi connectivity index (χ1) is 13.4. The third-order valence-corrected chi connectivity index (χ3v) is 4.69. The fraction of sp³-hybridized carbons (Fsp3) is 0.318. The molecule has 0 atom stereocenters. The summed E-state index contributed by atoms with van der Waals surface area (Å²) in [6.07, 6.45) is 1.67. The van der Waals surface area contributed by atoms with Gasteiger partial charge in [-0.2, -0.15) is 5.10 Å². The van der Waals surface area contributed by atoms with Gasteiger partial charge >= 0.3 is 11.7 Å². The summed E-state index contributed by atoms with van der Waals surface area (Å²) >= 11 is 0. The van der Waals surface area contributed by atoms with Crippen LogP contribution in [0.15, 0.2) is 53.3 Å². The Morgan fingerprint density at radius 2 is 1.79 bits per heavy atom. The molecule has 146 valence electrons. The van der Waals surface area contributed by atoms with Crippen LogP contribution >= 0.6 is 0 Å². The van der Waals surface area contributed by atoms with Crippen molar-refractivity contribution in [2.75, 3.05) is 0 Å². The van der Waals surface area contributed by atoms with E-state index in [9.17, 15) is 14.7 Å². The average Bonchev–Trinajstić information content (AvgIpc) is 2.99. The summed E-state index contributed by atoms with van der Waals surface area (Å²) in [7, 11) is 0. The van der Waals surface area contributed by atoms with Crippen LogP contribution in [0.3, 0.4) is 0 Å². The van der Waals surface area contributed by atoms with Gasteiger partial charge in [-0.15, -0.1) is 0 Å². The summed E-state index contributed by atoms with van der Waals surface area (Å²) in [4.78, 5) is 24.2. The Balaban J connectivity index is 1.92. The molecule has 0 spiro atoms. The summed E-state index contributed by atoms with van der Waals surface area (Å²) in [5.41, 5.74) is 2.66. The van der Waals surface area contributed by atoms with E-state index < -0.39 is 5.97 Å². The largest absolute Gasteiger partial charge is 0.478 e. The summed E-state index contributed by atoms with van der Waals surface area (Å²) in [5.74, 6) is -0.155. The highest BCUT2D eigenvalue weighted by atomic mass is 16.4. The molecule has 0 fully saturated rings. The molecule has 0 unspecified atom stereocenters. The number of aryl methyl sites for hydroxylation is 1. The lowest BCUT2D eigenvalue weighted by Crippen LogP contribution is -2.27. The topological polar surface area (TPSA) is 77.1 Å². The van der Waals surface area contributed by atoms with E-state index in [2.05, 4.69) is 12.0 Å². The fourth-order valence-electron chi connectivity index (χ4n) is 3.25. The minimum atomic E-state index is -0.948. The summed E-state index contributed by atoms with van der Waals surface area (Å²) in [6.45, 7) is 6.41. The third kappa shape index (κ3) is 3.91. The zero-order valence-corrected chi connectivity index (χ0v) is 16.4. The molecule has 0 aliphatic carbocycles. The van der Waals surface area contributed by atoms with Gasteiger partial charge in [-0.1, -0.05) is 49.4 Å². The number of rotatable bonds is 7. The molecule has 6 nitrogen and oxygen atoms in total. The second-order valence-corrected chi connectivity index (χ2v) is 7.12. The van der Waals surface area contributed by atoms with Gasteiger partial charge in [-0.3, -0.25) is 4.57 Å². The van der Waals surface area contributed by atoms with E-state index in [1.165, 1.54) is 4.68 Å². The Morgan fingerprint density at radius 3 is 2.39 bits per heavy atom. The van der Waals surface area contributed by atoms with Crippen LogP contribution in [0.5, 0.6) is 0 Å². The third-order valence-electron chi connectivity index (χ3n) is 4.69. The Bertz CT molecular complexity index is 1030. The van der Waals surface area contributed by atoms with Gasteiger partial charge in [0.15, 0.2) is 0 Å². The molecular formula is C22H25N3O3. The molecule has 3 rings (SSSR count). The van der Waals surface area contributed by atoms with Gasteiger partial charge in [-0.25, -0.2) is 14.3 Å². The van der Waals surface area contributed by atoms with Gasteiger partial charge in [0.05, 0.1) is 18.2 Å². The number of carboxylic acid groups (broad SMARTS) is 1. The minimum absolute atomic E-state index is 0.0132. The van der Waals surface area contributed by atoms with Crippen LogP contribution in [0.2, 0.25) is 0 Å². The molecule has 1 N–H and O–H groups in total. The van der Waals surface area contributed by atoms with Crippen LogP contribution in [-0.4, -0.2) is 25.4 Å². The van der Waals surface area contributed by atoms with Crippen molar-refractivity contribution in [3.8, 4) is 11.1 Å². The maximum Gasteiger partial charge on any atom is 0.346 e. The predicted octanol–water partition coefficient (Wildman–Crippen LogP) is 3.99. The summed E-state index contributed by atoms with van der Waals surface area (Å²) in [6, 6.07) is 14.6. The van der Waals surface area contributed by atoms with E-state index in [0.717, 1.165) is 29.8 Å². The molecule has 0 amide bonds. The number of carbonyl (C=O) groups is 1. The lowest BCUT2D eigenvalue weighted by molar-refractivity contribution is 0.0697. The smallest absolute Gasteiger partial charge is 0.346 e. The van der Waals surface area contributed by atoms with Gasteiger partial charge in [0.25, 0.3) is 0 Å². The Hall–Kier alpha value is -3.15. The average molecular weight is 379 g/mol. The fourth-order valence-corrected chi connectivity index (χ4v) is 3.25. The molecule has 0 aliphatic heterocycles. The molecule has 3 aromatic rings. The normalized spacial score (nSPS) is 11.1. The molecule has 1 aromatic heterocycles. The number of carboxylic acids is 1. The molecule has 0 aliphatic rings. The van der Waals surface area contributed by atoms with Gasteiger partial charge in [-0.05, 0) is 43.0 Å². The SMILES string of the molecule is CCCc1nn(C(C)C)c(=O)n1Cc1ccc(-c2ccccc2C(=O)O)cc1. The van der Waals surface area contributed by atoms with Crippen molar-refractivity contribution in [1.29, 1.82) is 0 Å². The lowest BCUT2D eigenvalue weighted by Gasteiger charge is -2.09. The van der Waals surface area contributed by atoms with E-state index in [1.807, 2.05) is 44.2 Å². The number of aromatic carboxylic acids is 1. The second-order valence-electron chi connectivity index (χ2n) is 7.12. The molecule has 0 saturated heterocycles. The Labute approximate surface area is 164 Å².